The number of nitrogens with zero attached hydrogens (tertiary/aromatic N) is 4. The average molecular weight is 531 g/mol. The molecule has 1 saturated carbocycles. The summed E-state index contributed by atoms with van der Waals surface area (Å²) in [6.45, 7) is 2.77. The molecule has 4 rings (SSSR count). The number of ether oxygens (including phenoxy) is 2. The second-order valence-electron chi connectivity index (χ2n) is 9.89. The lowest BCUT2D eigenvalue weighted by molar-refractivity contribution is -0.159. The van der Waals surface area contributed by atoms with E-state index >= 15 is 0 Å². The van der Waals surface area contributed by atoms with Gasteiger partial charge in [-0.05, 0) is 50.2 Å². The van der Waals surface area contributed by atoms with Gasteiger partial charge in [0.1, 0.15) is 0 Å². The van der Waals surface area contributed by atoms with E-state index in [4.69, 9.17) is 29.3 Å². The molecule has 11 heteroatoms. The monoisotopic (exact) mass is 530 g/mol. The fourth-order valence-electron chi connectivity index (χ4n) is 5.21. The van der Waals surface area contributed by atoms with E-state index in [1.165, 1.54) is 19.3 Å². The van der Waals surface area contributed by atoms with Crippen LogP contribution in [-0.2, 0) is 14.4 Å². The topological polar surface area (TPSA) is 142 Å². The Labute approximate surface area is 222 Å². The summed E-state index contributed by atoms with van der Waals surface area (Å²) in [5, 5.41) is 25.5. The van der Waals surface area contributed by atoms with Gasteiger partial charge in [-0.2, -0.15) is 5.10 Å². The third-order valence-electron chi connectivity index (χ3n) is 7.45. The number of methoxy groups -OCH3 is 2. The Morgan fingerprint density at radius 2 is 1.58 bits per heavy atom. The highest BCUT2D eigenvalue weighted by atomic mass is 16.5. The molecule has 2 heterocycles. The van der Waals surface area contributed by atoms with Crippen LogP contribution in [0.3, 0.4) is 0 Å². The molecule has 1 amide bonds. The minimum atomic E-state index is -1.82. The van der Waals surface area contributed by atoms with Gasteiger partial charge < -0.3 is 29.5 Å². The first-order valence-corrected chi connectivity index (χ1v) is 13.1. The van der Waals surface area contributed by atoms with Crippen LogP contribution in [-0.4, -0.2) is 84.1 Å². The van der Waals surface area contributed by atoms with Gasteiger partial charge in [-0.1, -0.05) is 19.3 Å². The molecule has 0 bridgehead atoms. The van der Waals surface area contributed by atoms with Crippen LogP contribution in [0.5, 0.6) is 11.5 Å². The van der Waals surface area contributed by atoms with Crippen LogP contribution < -0.4 is 14.4 Å². The number of fused-ring (bicyclic) bond motifs is 1. The van der Waals surface area contributed by atoms with Crippen molar-refractivity contribution in [2.45, 2.75) is 51.4 Å². The largest absolute Gasteiger partial charge is 0.493 e. The zero-order chi connectivity index (χ0) is 27.7. The summed E-state index contributed by atoms with van der Waals surface area (Å²) in [7, 11) is 5.28. The van der Waals surface area contributed by atoms with Gasteiger partial charge in [0.05, 0.1) is 20.4 Å². The first-order valence-electron chi connectivity index (χ1n) is 13.1. The molecule has 38 heavy (non-hydrogen) atoms. The first kappa shape index (κ1) is 28.9. The summed E-state index contributed by atoms with van der Waals surface area (Å²) in [6, 6.07) is 3.95. The van der Waals surface area contributed by atoms with Crippen LogP contribution in [0.25, 0.3) is 10.8 Å². The molecule has 0 spiro atoms. The second-order valence-corrected chi connectivity index (χ2v) is 9.89. The predicted molar refractivity (Wildman–Crippen MR) is 142 cm³/mol. The molecular formula is C27H38N4O7. The number of rotatable bonds is 7. The van der Waals surface area contributed by atoms with Crippen molar-refractivity contribution in [3.8, 4) is 11.5 Å². The van der Waals surface area contributed by atoms with Crippen molar-refractivity contribution >= 4 is 34.4 Å². The van der Waals surface area contributed by atoms with Crippen molar-refractivity contribution in [1.82, 2.24) is 15.1 Å². The molecule has 0 unspecified atom stereocenters. The highest BCUT2D eigenvalue weighted by Gasteiger charge is 2.26. The molecule has 1 aromatic heterocycles. The lowest BCUT2D eigenvalue weighted by atomic mass is 9.88. The van der Waals surface area contributed by atoms with E-state index in [1.807, 2.05) is 24.1 Å². The van der Waals surface area contributed by atoms with Crippen molar-refractivity contribution in [2.75, 3.05) is 45.8 Å². The molecule has 2 fully saturated rings. The lowest BCUT2D eigenvalue weighted by Crippen LogP contribution is -2.38. The Balaban J connectivity index is 0.000000599. The fourth-order valence-corrected chi connectivity index (χ4v) is 5.21. The maximum absolute atomic E-state index is 12.7. The molecule has 0 atom stereocenters. The first-order chi connectivity index (χ1) is 18.2. The third-order valence-corrected chi connectivity index (χ3v) is 7.45. The van der Waals surface area contributed by atoms with Gasteiger partial charge in [0, 0.05) is 43.4 Å². The standard InChI is InChI=1S/C25H36N4O3.C2H2O4/c1-28(25(30)19-7-5-4-6-8-19)12-9-18-10-13-29(14-11-18)24-21-16-23(32-3)22(31-2)15-20(21)17-26-27-24;3-1(4)2(5)6/h15-19H,4-14H2,1-3H3;(H,3,4)(H,5,6). The van der Waals surface area contributed by atoms with Crippen LogP contribution in [0.4, 0.5) is 5.82 Å². The number of aromatic nitrogens is 2. The number of carbonyl (C=O) groups excluding carboxylic acids is 1. The molecule has 1 aliphatic heterocycles. The summed E-state index contributed by atoms with van der Waals surface area (Å²) >= 11 is 0. The molecule has 1 aliphatic carbocycles. The van der Waals surface area contributed by atoms with E-state index in [0.29, 0.717) is 23.3 Å². The molecule has 2 aliphatic rings. The van der Waals surface area contributed by atoms with Crippen LogP contribution >= 0.6 is 0 Å². The van der Waals surface area contributed by atoms with Crippen LogP contribution in [0.15, 0.2) is 18.3 Å². The Bertz CT molecular complexity index is 1100. The van der Waals surface area contributed by atoms with Crippen LogP contribution in [0.1, 0.15) is 51.4 Å². The highest BCUT2D eigenvalue weighted by molar-refractivity contribution is 6.27. The van der Waals surface area contributed by atoms with Crippen molar-refractivity contribution in [3.63, 3.8) is 0 Å². The van der Waals surface area contributed by atoms with E-state index in [0.717, 1.165) is 68.3 Å². The smallest absolute Gasteiger partial charge is 0.414 e. The minimum Gasteiger partial charge on any atom is -0.493 e. The van der Waals surface area contributed by atoms with Crippen LogP contribution in [0.2, 0.25) is 0 Å². The normalized spacial score (nSPS) is 16.3. The highest BCUT2D eigenvalue weighted by Crippen LogP contribution is 2.36. The number of hydrogen-bond donors (Lipinski definition) is 2. The quantitative estimate of drug-likeness (QED) is 0.511. The van der Waals surface area contributed by atoms with Gasteiger partial charge in [-0.25, -0.2) is 9.59 Å². The Hall–Kier alpha value is -3.63. The van der Waals surface area contributed by atoms with E-state index in [-0.39, 0.29) is 5.92 Å². The van der Waals surface area contributed by atoms with E-state index in [9.17, 15) is 4.79 Å². The predicted octanol–water partition coefficient (Wildman–Crippen LogP) is 3.45. The number of carboxylic acids is 2. The summed E-state index contributed by atoms with van der Waals surface area (Å²) in [4.78, 5) is 35.2. The summed E-state index contributed by atoms with van der Waals surface area (Å²) < 4.78 is 10.9. The maximum Gasteiger partial charge on any atom is 0.414 e. The average Bonchev–Trinajstić information content (AvgIpc) is 2.95. The molecule has 208 valence electrons. The molecule has 0 radical (unpaired) electrons. The lowest BCUT2D eigenvalue weighted by Gasteiger charge is -2.34. The van der Waals surface area contributed by atoms with E-state index < -0.39 is 11.9 Å². The molecule has 1 aromatic carbocycles. The van der Waals surface area contributed by atoms with Gasteiger partial charge in [0.15, 0.2) is 17.3 Å². The molecule has 11 nitrogen and oxygen atoms in total. The number of hydrogen-bond acceptors (Lipinski definition) is 8. The Morgan fingerprint density at radius 1 is 0.974 bits per heavy atom. The van der Waals surface area contributed by atoms with Crippen LogP contribution in [0, 0.1) is 11.8 Å². The van der Waals surface area contributed by atoms with Gasteiger partial charge in [0.2, 0.25) is 5.91 Å². The number of piperidine rings is 1. The second kappa shape index (κ2) is 13.8. The zero-order valence-corrected chi connectivity index (χ0v) is 22.4. The SMILES string of the molecule is COc1cc2cnnc(N3CCC(CCN(C)C(=O)C4CCCCC4)CC3)c2cc1OC.O=C(O)C(=O)O. The molecule has 2 aromatic rings. The zero-order valence-electron chi connectivity index (χ0n) is 22.4. The number of benzene rings is 1. The number of carbonyl (C=O) groups is 3. The number of carboxylic acid groups (broad SMARTS) is 2. The third kappa shape index (κ3) is 7.45. The number of aliphatic carboxylic acids is 2. The summed E-state index contributed by atoms with van der Waals surface area (Å²) in [6.07, 6.45) is 10.9. The van der Waals surface area contributed by atoms with E-state index in [2.05, 4.69) is 15.1 Å². The number of amides is 1. The summed E-state index contributed by atoms with van der Waals surface area (Å²) in [5.41, 5.74) is 0. The Morgan fingerprint density at radius 3 is 2.16 bits per heavy atom. The maximum atomic E-state index is 12.7. The van der Waals surface area contributed by atoms with Crippen molar-refractivity contribution < 1.29 is 34.1 Å². The molecular weight excluding hydrogens is 492 g/mol. The molecule has 2 N–H and O–H groups in total. The summed E-state index contributed by atoms with van der Waals surface area (Å²) in [5.74, 6) is -0.0741. The Kier molecular flexibility index (Phi) is 10.5. The van der Waals surface area contributed by atoms with Gasteiger partial charge >= 0.3 is 11.9 Å². The fraction of sp³-hybridized carbons (Fsp3) is 0.593. The number of anilines is 1. The minimum absolute atomic E-state index is 0.260. The van der Waals surface area contributed by atoms with Gasteiger partial charge in [-0.15, -0.1) is 5.10 Å². The van der Waals surface area contributed by atoms with Crippen molar-refractivity contribution in [2.24, 2.45) is 11.8 Å². The van der Waals surface area contributed by atoms with Crippen molar-refractivity contribution in [1.29, 1.82) is 0 Å². The van der Waals surface area contributed by atoms with Crippen molar-refractivity contribution in [3.05, 3.63) is 18.3 Å². The molecule has 1 saturated heterocycles. The van der Waals surface area contributed by atoms with Gasteiger partial charge in [-0.3, -0.25) is 4.79 Å². The van der Waals surface area contributed by atoms with E-state index in [1.54, 1.807) is 20.4 Å². The van der Waals surface area contributed by atoms with Gasteiger partial charge in [0.25, 0.3) is 0 Å².